The molecule has 5 nitrogen and oxygen atoms in total. The number of ketones is 2. The van der Waals surface area contributed by atoms with Crippen LogP contribution >= 0.6 is 11.8 Å². The van der Waals surface area contributed by atoms with Gasteiger partial charge in [0.05, 0.1) is 16.7 Å². The van der Waals surface area contributed by atoms with Crippen LogP contribution in [-0.4, -0.2) is 28.7 Å². The molecule has 8 rings (SSSR count). The van der Waals surface area contributed by atoms with Gasteiger partial charge in [-0.05, 0) is 122 Å². The fourth-order valence-corrected chi connectivity index (χ4v) is 11.6. The van der Waals surface area contributed by atoms with Crippen LogP contribution < -0.4 is 0 Å². The number of ether oxygens (including phenoxy) is 1. The lowest BCUT2D eigenvalue weighted by Crippen LogP contribution is -2.24. The molecule has 3 aliphatic carbocycles. The van der Waals surface area contributed by atoms with Gasteiger partial charge in [-0.1, -0.05) is 169 Å². The van der Waals surface area contributed by atoms with Gasteiger partial charge < -0.3 is 9.84 Å². The molecule has 2 fully saturated rings. The summed E-state index contributed by atoms with van der Waals surface area (Å²) in [4.78, 5) is 43.0. The SMILES string of the molecule is CCCCCCCCC1CCC(c2ccc(-c3ccc(Sc4cc(-c5ccc(C(=O)OC6CCC(CCCCC)CC6)cc5)c(O)c5c4C(=O)c4ccccc4C5=O)cc3)cc2)CC1. The highest BCUT2D eigenvalue weighted by atomic mass is 32.2. The lowest BCUT2D eigenvalue weighted by molar-refractivity contribution is 0.0160. The second-order valence-electron chi connectivity index (χ2n) is 18.9. The second kappa shape index (κ2) is 21.8. The van der Waals surface area contributed by atoms with E-state index >= 15 is 0 Å². The molecule has 334 valence electrons. The van der Waals surface area contributed by atoms with Gasteiger partial charge >= 0.3 is 5.97 Å². The molecule has 64 heavy (non-hydrogen) atoms. The Morgan fingerprint density at radius 2 is 1.09 bits per heavy atom. The molecule has 5 aromatic carbocycles. The van der Waals surface area contributed by atoms with Crippen LogP contribution in [0.25, 0.3) is 22.3 Å². The molecule has 6 heteroatoms. The number of esters is 1. The molecule has 0 spiro atoms. The summed E-state index contributed by atoms with van der Waals surface area (Å²) >= 11 is 1.41. The van der Waals surface area contributed by atoms with E-state index in [4.69, 9.17) is 4.74 Å². The van der Waals surface area contributed by atoms with Gasteiger partial charge in [-0.2, -0.15) is 0 Å². The minimum Gasteiger partial charge on any atom is -0.507 e. The highest BCUT2D eigenvalue weighted by Gasteiger charge is 2.36. The van der Waals surface area contributed by atoms with Crippen molar-refractivity contribution in [2.75, 3.05) is 0 Å². The monoisotopic (exact) mass is 874 g/mol. The Labute approximate surface area is 385 Å². The Bertz CT molecular complexity index is 2360. The number of rotatable bonds is 18. The van der Waals surface area contributed by atoms with Crippen LogP contribution in [-0.2, 0) is 4.74 Å². The van der Waals surface area contributed by atoms with Gasteiger partial charge in [-0.15, -0.1) is 0 Å². The minimum absolute atomic E-state index is 0.0143. The third-order valence-corrected chi connectivity index (χ3v) is 15.5. The first-order chi connectivity index (χ1) is 31.3. The Kier molecular flexibility index (Phi) is 15.6. The normalized spacial score (nSPS) is 19.5. The number of carbonyl (C=O) groups is 3. The zero-order valence-electron chi connectivity index (χ0n) is 38.0. The molecular weight excluding hydrogens is 809 g/mol. The van der Waals surface area contributed by atoms with Crippen molar-refractivity contribution in [3.63, 3.8) is 0 Å². The molecule has 0 radical (unpaired) electrons. The largest absolute Gasteiger partial charge is 0.507 e. The van der Waals surface area contributed by atoms with Crippen molar-refractivity contribution in [3.05, 3.63) is 137 Å². The predicted octanol–water partition coefficient (Wildman–Crippen LogP) is 16.0. The maximum Gasteiger partial charge on any atom is 0.338 e. The first-order valence-electron chi connectivity index (χ1n) is 24.6. The molecule has 0 saturated heterocycles. The third kappa shape index (κ3) is 10.8. The van der Waals surface area contributed by atoms with E-state index in [2.05, 4.69) is 62.4 Å². The smallest absolute Gasteiger partial charge is 0.338 e. The van der Waals surface area contributed by atoms with Gasteiger partial charge in [0.2, 0.25) is 0 Å². The molecule has 0 unspecified atom stereocenters. The van der Waals surface area contributed by atoms with Crippen molar-refractivity contribution >= 4 is 29.3 Å². The molecule has 1 N–H and O–H groups in total. The Hall–Kier alpha value is -4.94. The van der Waals surface area contributed by atoms with E-state index in [1.54, 1.807) is 54.6 Å². The number of unbranched alkanes of at least 4 members (excludes halogenated alkanes) is 7. The van der Waals surface area contributed by atoms with E-state index in [0.717, 1.165) is 53.5 Å². The van der Waals surface area contributed by atoms with Gasteiger partial charge in [0.15, 0.2) is 11.6 Å². The summed E-state index contributed by atoms with van der Waals surface area (Å²) in [6, 6.07) is 33.1. The Morgan fingerprint density at radius 3 is 1.72 bits per heavy atom. The standard InChI is InChI=1S/C58H66O5S/c1-3-5-7-8-9-11-15-39-18-22-41(23-19-39)42-24-26-43(27-25-42)44-32-36-48(37-33-44)64-52-38-51(57(61)54-53(52)55(59)49-16-12-13-17-50(49)56(54)60)45-28-30-46(31-29-45)58(62)63-47-34-20-40(21-35-47)14-10-6-4-2/h12-13,16-17,24-33,36-41,47,61H,3-11,14-15,18-23,34-35H2,1-2H3. The first kappa shape index (κ1) is 45.6. The average Bonchev–Trinajstić information content (AvgIpc) is 3.33. The summed E-state index contributed by atoms with van der Waals surface area (Å²) < 4.78 is 5.96. The number of benzene rings is 5. The van der Waals surface area contributed by atoms with Crippen LogP contribution in [0, 0.1) is 11.8 Å². The van der Waals surface area contributed by atoms with Crippen molar-refractivity contribution in [1.29, 1.82) is 0 Å². The quantitative estimate of drug-likeness (QED) is 0.0684. The topological polar surface area (TPSA) is 80.7 Å². The van der Waals surface area contributed by atoms with Crippen LogP contribution in [0.2, 0.25) is 0 Å². The highest BCUT2D eigenvalue weighted by Crippen LogP contribution is 2.46. The zero-order valence-corrected chi connectivity index (χ0v) is 38.9. The second-order valence-corrected chi connectivity index (χ2v) is 20.0. The lowest BCUT2D eigenvalue weighted by Gasteiger charge is -2.29. The summed E-state index contributed by atoms with van der Waals surface area (Å²) in [7, 11) is 0. The number of hydrogen-bond acceptors (Lipinski definition) is 6. The van der Waals surface area contributed by atoms with Gasteiger partial charge in [-0.3, -0.25) is 9.59 Å². The number of fused-ring (bicyclic) bond motifs is 2. The molecule has 0 aliphatic heterocycles. The molecule has 2 saturated carbocycles. The molecular formula is C58H66O5S. The molecule has 0 amide bonds. The predicted molar refractivity (Wildman–Crippen MR) is 261 cm³/mol. The number of aromatic hydroxyl groups is 1. The molecule has 0 atom stereocenters. The van der Waals surface area contributed by atoms with E-state index in [1.807, 2.05) is 0 Å². The van der Waals surface area contributed by atoms with Crippen molar-refractivity contribution in [2.45, 2.75) is 158 Å². The van der Waals surface area contributed by atoms with Gasteiger partial charge in [-0.25, -0.2) is 4.79 Å². The fourth-order valence-electron chi connectivity index (χ4n) is 10.6. The number of carbonyl (C=O) groups excluding carboxylic acids is 3. The molecule has 5 aromatic rings. The fraction of sp³-hybridized carbons (Fsp3) is 0.431. The van der Waals surface area contributed by atoms with Gasteiger partial charge in [0.25, 0.3) is 0 Å². The average molecular weight is 875 g/mol. The number of phenols is 1. The van der Waals surface area contributed by atoms with E-state index < -0.39 is 0 Å². The summed E-state index contributed by atoms with van der Waals surface area (Å²) in [6.07, 6.45) is 23.9. The van der Waals surface area contributed by atoms with Gasteiger partial charge in [0, 0.05) is 26.5 Å². The van der Waals surface area contributed by atoms with Crippen LogP contribution in [0.15, 0.2) is 113 Å². The summed E-state index contributed by atoms with van der Waals surface area (Å²) in [5, 5.41) is 11.8. The highest BCUT2D eigenvalue weighted by molar-refractivity contribution is 7.99. The molecule has 0 aromatic heterocycles. The van der Waals surface area contributed by atoms with E-state index in [0.29, 0.717) is 33.1 Å². The third-order valence-electron chi connectivity index (χ3n) is 14.5. The zero-order chi connectivity index (χ0) is 44.4. The van der Waals surface area contributed by atoms with Crippen LogP contribution in [0.4, 0.5) is 0 Å². The van der Waals surface area contributed by atoms with Crippen LogP contribution in [0.1, 0.15) is 190 Å². The van der Waals surface area contributed by atoms with E-state index in [9.17, 15) is 19.5 Å². The van der Waals surface area contributed by atoms with Crippen LogP contribution in [0.5, 0.6) is 5.75 Å². The maximum atomic E-state index is 14.2. The number of hydrogen-bond donors (Lipinski definition) is 1. The Balaban J connectivity index is 0.957. The molecule has 0 bridgehead atoms. The molecule has 3 aliphatic rings. The van der Waals surface area contributed by atoms with Crippen molar-refractivity contribution < 1.29 is 24.2 Å². The first-order valence-corrected chi connectivity index (χ1v) is 25.4. The lowest BCUT2D eigenvalue weighted by atomic mass is 9.77. The summed E-state index contributed by atoms with van der Waals surface area (Å²) in [5.74, 6) is 1.01. The summed E-state index contributed by atoms with van der Waals surface area (Å²) in [5.41, 5.74) is 6.06. The van der Waals surface area contributed by atoms with E-state index in [1.165, 1.54) is 114 Å². The van der Waals surface area contributed by atoms with Crippen molar-refractivity contribution in [1.82, 2.24) is 0 Å². The maximum absolute atomic E-state index is 14.2. The molecule has 0 heterocycles. The van der Waals surface area contributed by atoms with Crippen molar-refractivity contribution in [2.24, 2.45) is 11.8 Å². The van der Waals surface area contributed by atoms with Crippen molar-refractivity contribution in [3.8, 4) is 28.0 Å². The summed E-state index contributed by atoms with van der Waals surface area (Å²) in [6.45, 7) is 4.52. The Morgan fingerprint density at radius 1 is 0.578 bits per heavy atom. The van der Waals surface area contributed by atoms with Crippen LogP contribution in [0.3, 0.4) is 0 Å². The van der Waals surface area contributed by atoms with E-state index in [-0.39, 0.29) is 46.1 Å². The van der Waals surface area contributed by atoms with Gasteiger partial charge in [0.1, 0.15) is 11.9 Å². The number of phenolic OH excluding ortho intramolecular Hbond substituents is 1. The minimum atomic E-state index is -0.383.